The number of benzene rings is 4. The molecule has 0 radical (unpaired) electrons. The van der Waals surface area contributed by atoms with E-state index in [0.29, 0.717) is 13.0 Å². The number of hydrogen-bond acceptors (Lipinski definition) is 3. The summed E-state index contributed by atoms with van der Waals surface area (Å²) in [6.07, 6.45) is 0.0960. The van der Waals surface area contributed by atoms with Crippen molar-refractivity contribution in [3.05, 3.63) is 131 Å². The second-order valence-corrected chi connectivity index (χ2v) is 8.42. The van der Waals surface area contributed by atoms with Crippen LogP contribution in [0.4, 0.5) is 5.69 Å². The van der Waals surface area contributed by atoms with E-state index in [1.165, 1.54) is 11.1 Å². The Morgan fingerprint density at radius 1 is 0.667 bits per heavy atom. The van der Waals surface area contributed by atoms with Crippen molar-refractivity contribution in [1.82, 2.24) is 0 Å². The first kappa shape index (κ1) is 22.6. The molecular formula is C30H31NO2. The Labute approximate surface area is 196 Å². The molecule has 1 atom stereocenters. The maximum absolute atomic E-state index is 10.1. The van der Waals surface area contributed by atoms with E-state index in [-0.39, 0.29) is 0 Å². The van der Waals surface area contributed by atoms with Crippen molar-refractivity contribution in [3.8, 4) is 5.75 Å². The highest BCUT2D eigenvalue weighted by Crippen LogP contribution is 2.35. The van der Waals surface area contributed by atoms with Gasteiger partial charge in [-0.05, 0) is 35.2 Å². The Morgan fingerprint density at radius 2 is 1.18 bits per heavy atom. The number of para-hydroxylation sites is 1. The molecule has 0 unspecified atom stereocenters. The maximum atomic E-state index is 10.1. The highest BCUT2D eigenvalue weighted by atomic mass is 16.5. The number of ether oxygens (including phenoxy) is 1. The Kier molecular flexibility index (Phi) is 7.78. The van der Waals surface area contributed by atoms with Crippen molar-refractivity contribution < 1.29 is 9.84 Å². The molecule has 0 fully saturated rings. The van der Waals surface area contributed by atoms with Crippen molar-refractivity contribution in [2.24, 2.45) is 0 Å². The fourth-order valence-electron chi connectivity index (χ4n) is 4.03. The van der Waals surface area contributed by atoms with Gasteiger partial charge in [-0.1, -0.05) is 103 Å². The number of aliphatic hydroxyl groups is 1. The average molecular weight is 438 g/mol. The largest absolute Gasteiger partial charge is 0.486 e. The molecule has 0 heterocycles. The van der Waals surface area contributed by atoms with Crippen molar-refractivity contribution in [2.75, 3.05) is 4.90 Å². The zero-order chi connectivity index (χ0) is 22.9. The normalized spacial score (nSPS) is 11.7. The highest BCUT2D eigenvalue weighted by molar-refractivity contribution is 5.62. The van der Waals surface area contributed by atoms with Crippen LogP contribution in [0.1, 0.15) is 29.2 Å². The molecule has 3 heteroatoms. The number of aliphatic hydroxyl groups excluding tert-OH is 1. The van der Waals surface area contributed by atoms with E-state index in [0.717, 1.165) is 35.7 Å². The first-order chi connectivity index (χ1) is 16.2. The zero-order valence-electron chi connectivity index (χ0n) is 19.1. The van der Waals surface area contributed by atoms with Gasteiger partial charge in [-0.15, -0.1) is 0 Å². The van der Waals surface area contributed by atoms with Crippen LogP contribution in [0.2, 0.25) is 0 Å². The standard InChI is InChI=1S/C30H31NO2/c1-24(32)20-28-18-11-19-29(30(28)33-23-27-16-9-4-10-17-27)31(21-25-12-5-2-6-13-25)22-26-14-7-3-8-15-26/h2-19,24,32H,20-23H2,1H3/t24-/m0/s1. The van der Waals surface area contributed by atoms with Gasteiger partial charge in [0.1, 0.15) is 12.4 Å². The number of hydrogen-bond donors (Lipinski definition) is 1. The minimum absolute atomic E-state index is 0.448. The van der Waals surface area contributed by atoms with Gasteiger partial charge in [0, 0.05) is 19.5 Å². The summed E-state index contributed by atoms with van der Waals surface area (Å²) in [6, 6.07) is 37.5. The van der Waals surface area contributed by atoms with Crippen molar-refractivity contribution in [3.63, 3.8) is 0 Å². The minimum Gasteiger partial charge on any atom is -0.486 e. The lowest BCUT2D eigenvalue weighted by Crippen LogP contribution is -2.23. The molecule has 0 bridgehead atoms. The molecule has 33 heavy (non-hydrogen) atoms. The summed E-state index contributed by atoms with van der Waals surface area (Å²) in [5.74, 6) is 0.842. The van der Waals surface area contributed by atoms with E-state index < -0.39 is 6.10 Å². The molecule has 4 aromatic rings. The molecule has 1 N–H and O–H groups in total. The van der Waals surface area contributed by atoms with E-state index in [4.69, 9.17) is 4.74 Å². The molecule has 0 aromatic heterocycles. The van der Waals surface area contributed by atoms with Gasteiger partial charge >= 0.3 is 0 Å². The molecule has 0 amide bonds. The van der Waals surface area contributed by atoms with Crippen LogP contribution >= 0.6 is 0 Å². The van der Waals surface area contributed by atoms with Crippen LogP contribution in [-0.2, 0) is 26.1 Å². The smallest absolute Gasteiger partial charge is 0.146 e. The maximum Gasteiger partial charge on any atom is 0.146 e. The summed E-state index contributed by atoms with van der Waals surface area (Å²) < 4.78 is 6.46. The van der Waals surface area contributed by atoms with Crippen LogP contribution in [-0.4, -0.2) is 11.2 Å². The van der Waals surface area contributed by atoms with Crippen LogP contribution < -0.4 is 9.64 Å². The lowest BCUT2D eigenvalue weighted by molar-refractivity contribution is 0.193. The third kappa shape index (κ3) is 6.47. The quantitative estimate of drug-likeness (QED) is 0.312. The molecule has 0 saturated heterocycles. The van der Waals surface area contributed by atoms with E-state index in [2.05, 4.69) is 83.8 Å². The second-order valence-electron chi connectivity index (χ2n) is 8.42. The van der Waals surface area contributed by atoms with E-state index in [1.807, 2.05) is 37.3 Å². The summed E-state index contributed by atoms with van der Waals surface area (Å²) in [7, 11) is 0. The Bertz CT molecular complexity index is 1070. The van der Waals surface area contributed by atoms with Gasteiger partial charge in [0.05, 0.1) is 11.8 Å². The van der Waals surface area contributed by atoms with Gasteiger partial charge < -0.3 is 14.7 Å². The lowest BCUT2D eigenvalue weighted by Gasteiger charge is -2.29. The summed E-state index contributed by atoms with van der Waals surface area (Å²) in [4.78, 5) is 2.36. The monoisotopic (exact) mass is 437 g/mol. The fourth-order valence-corrected chi connectivity index (χ4v) is 4.03. The number of nitrogens with zero attached hydrogens (tertiary/aromatic N) is 1. The topological polar surface area (TPSA) is 32.7 Å². The molecule has 3 nitrogen and oxygen atoms in total. The molecule has 0 aliphatic carbocycles. The molecule has 0 aliphatic rings. The van der Waals surface area contributed by atoms with Crippen LogP contribution in [0.5, 0.6) is 5.75 Å². The lowest BCUT2D eigenvalue weighted by atomic mass is 10.0. The molecular weight excluding hydrogens is 406 g/mol. The SMILES string of the molecule is C[C@H](O)Cc1cccc(N(Cc2ccccc2)Cc2ccccc2)c1OCc1ccccc1. The van der Waals surface area contributed by atoms with E-state index >= 15 is 0 Å². The average Bonchev–Trinajstić information content (AvgIpc) is 2.84. The number of anilines is 1. The van der Waals surface area contributed by atoms with E-state index in [1.54, 1.807) is 0 Å². The predicted octanol–water partition coefficient (Wildman–Crippen LogP) is 6.40. The van der Waals surface area contributed by atoms with Crippen molar-refractivity contribution >= 4 is 5.69 Å². The van der Waals surface area contributed by atoms with Crippen LogP contribution in [0.25, 0.3) is 0 Å². The fraction of sp³-hybridized carbons (Fsp3) is 0.200. The van der Waals surface area contributed by atoms with Gasteiger partial charge in [-0.2, -0.15) is 0 Å². The minimum atomic E-state index is -0.448. The van der Waals surface area contributed by atoms with Gasteiger partial charge in [-0.25, -0.2) is 0 Å². The second kappa shape index (κ2) is 11.3. The van der Waals surface area contributed by atoms with Crippen LogP contribution in [0.15, 0.2) is 109 Å². The zero-order valence-corrected chi connectivity index (χ0v) is 19.1. The Balaban J connectivity index is 1.71. The summed E-state index contributed by atoms with van der Waals surface area (Å²) >= 11 is 0. The van der Waals surface area contributed by atoms with Gasteiger partial charge in [-0.3, -0.25) is 0 Å². The molecule has 4 rings (SSSR count). The van der Waals surface area contributed by atoms with E-state index in [9.17, 15) is 5.11 Å². The highest BCUT2D eigenvalue weighted by Gasteiger charge is 2.18. The predicted molar refractivity (Wildman–Crippen MR) is 135 cm³/mol. The van der Waals surface area contributed by atoms with Gasteiger partial charge in [0.15, 0.2) is 0 Å². The molecule has 0 saturated carbocycles. The molecule has 0 spiro atoms. The summed E-state index contributed by atoms with van der Waals surface area (Å²) in [5.41, 5.74) is 5.65. The third-order valence-corrected chi connectivity index (χ3v) is 5.59. The van der Waals surface area contributed by atoms with Crippen molar-refractivity contribution in [1.29, 1.82) is 0 Å². The third-order valence-electron chi connectivity index (χ3n) is 5.59. The Morgan fingerprint density at radius 3 is 1.70 bits per heavy atom. The van der Waals surface area contributed by atoms with Gasteiger partial charge in [0.2, 0.25) is 0 Å². The van der Waals surface area contributed by atoms with Crippen LogP contribution in [0, 0.1) is 0 Å². The molecule has 168 valence electrons. The summed E-state index contributed by atoms with van der Waals surface area (Å²) in [5, 5.41) is 10.1. The molecule has 0 aliphatic heterocycles. The van der Waals surface area contributed by atoms with Crippen LogP contribution in [0.3, 0.4) is 0 Å². The Hall–Kier alpha value is -3.56. The number of rotatable bonds is 10. The first-order valence-electron chi connectivity index (χ1n) is 11.5. The first-order valence-corrected chi connectivity index (χ1v) is 11.5. The van der Waals surface area contributed by atoms with Crippen molar-refractivity contribution in [2.45, 2.75) is 39.1 Å². The summed E-state index contributed by atoms with van der Waals surface area (Å²) in [6.45, 7) is 3.82. The molecule has 4 aromatic carbocycles. The van der Waals surface area contributed by atoms with Gasteiger partial charge in [0.25, 0.3) is 0 Å².